The van der Waals surface area contributed by atoms with Gasteiger partial charge in [-0.15, -0.1) is 0 Å². The van der Waals surface area contributed by atoms with Crippen molar-refractivity contribution in [2.24, 2.45) is 0 Å². The van der Waals surface area contributed by atoms with E-state index < -0.39 is 0 Å². The number of nitrogens with zero attached hydrogens (tertiary/aromatic N) is 4. The Balaban J connectivity index is 1.26. The van der Waals surface area contributed by atoms with Crippen molar-refractivity contribution in [2.75, 3.05) is 58.4 Å². The summed E-state index contributed by atoms with van der Waals surface area (Å²) in [6.45, 7) is 11.3. The molecule has 0 spiro atoms. The van der Waals surface area contributed by atoms with Crippen LogP contribution in [0.3, 0.4) is 0 Å². The molecule has 42 heavy (non-hydrogen) atoms. The smallest absolute Gasteiger partial charge is 0.161 e. The number of rotatable bonds is 11. The second-order valence-corrected chi connectivity index (χ2v) is 11.8. The van der Waals surface area contributed by atoms with Gasteiger partial charge in [-0.05, 0) is 71.9 Å². The van der Waals surface area contributed by atoms with Crippen LogP contribution in [-0.2, 0) is 24.4 Å². The standard InChI is InChI=1S/C35H44N4O3/c1-4-36-17-19-38(20-18-36)32-12-7-11-29-30(32)24-39(33(29)25-40)31(26-14-15-34(41-2)35(21-26)42-3)13-8-16-37-22-27-9-5-6-10-28(27)23-37/h5-7,9-12,14-15,21,25,31,33H,4,8,13,16-20,22-24H2,1-3H3/t31-,33?/m1/s1. The van der Waals surface area contributed by atoms with Gasteiger partial charge in [-0.2, -0.15) is 0 Å². The summed E-state index contributed by atoms with van der Waals surface area (Å²) in [4.78, 5) is 22.8. The lowest BCUT2D eigenvalue weighted by atomic mass is 9.98. The van der Waals surface area contributed by atoms with Gasteiger partial charge in [0.05, 0.1) is 20.3 Å². The molecule has 3 aromatic carbocycles. The third-order valence-electron chi connectivity index (χ3n) is 9.54. The van der Waals surface area contributed by atoms with Crippen LogP contribution in [0.25, 0.3) is 0 Å². The lowest BCUT2D eigenvalue weighted by molar-refractivity contribution is -0.113. The van der Waals surface area contributed by atoms with Crippen LogP contribution in [0, 0.1) is 0 Å². The molecule has 3 aromatic rings. The van der Waals surface area contributed by atoms with Gasteiger partial charge in [0, 0.05) is 57.5 Å². The van der Waals surface area contributed by atoms with Crippen molar-refractivity contribution in [3.05, 3.63) is 88.5 Å². The van der Waals surface area contributed by atoms with Gasteiger partial charge in [-0.25, -0.2) is 0 Å². The molecule has 0 radical (unpaired) electrons. The second kappa shape index (κ2) is 12.9. The van der Waals surface area contributed by atoms with Crippen LogP contribution in [0.5, 0.6) is 11.5 Å². The van der Waals surface area contributed by atoms with E-state index in [0.717, 1.165) is 101 Å². The molecule has 2 atom stereocenters. The van der Waals surface area contributed by atoms with Gasteiger partial charge in [-0.3, -0.25) is 9.80 Å². The first-order valence-corrected chi connectivity index (χ1v) is 15.4. The Morgan fingerprint density at radius 1 is 0.857 bits per heavy atom. The van der Waals surface area contributed by atoms with Crippen molar-refractivity contribution in [3.8, 4) is 11.5 Å². The van der Waals surface area contributed by atoms with E-state index in [4.69, 9.17) is 9.47 Å². The molecular formula is C35H44N4O3. The van der Waals surface area contributed by atoms with Gasteiger partial charge in [-0.1, -0.05) is 49.4 Å². The molecule has 1 saturated heterocycles. The number of fused-ring (bicyclic) bond motifs is 2. The molecule has 3 aliphatic heterocycles. The molecular weight excluding hydrogens is 524 g/mol. The van der Waals surface area contributed by atoms with Crippen molar-refractivity contribution >= 4 is 12.0 Å². The van der Waals surface area contributed by atoms with Gasteiger partial charge >= 0.3 is 0 Å². The SMILES string of the molecule is CCN1CCN(c2cccc3c2CN([C@H](CCCN2Cc4ccccc4C2)c2ccc(OC)c(OC)c2)C3C=O)CC1. The highest BCUT2D eigenvalue weighted by molar-refractivity contribution is 5.70. The Hall–Kier alpha value is -3.39. The van der Waals surface area contributed by atoms with Crippen LogP contribution in [-0.4, -0.2) is 74.5 Å². The van der Waals surface area contributed by atoms with Crippen LogP contribution in [0.15, 0.2) is 60.7 Å². The van der Waals surface area contributed by atoms with Crippen LogP contribution < -0.4 is 14.4 Å². The maximum atomic E-state index is 12.8. The minimum atomic E-state index is -0.272. The number of carbonyl (C=O) groups excluding carboxylic acids is 1. The predicted molar refractivity (Wildman–Crippen MR) is 167 cm³/mol. The molecule has 0 aromatic heterocycles. The van der Waals surface area contributed by atoms with Gasteiger partial charge in [0.1, 0.15) is 6.29 Å². The molecule has 0 N–H and O–H groups in total. The highest BCUT2D eigenvalue weighted by atomic mass is 16.5. The van der Waals surface area contributed by atoms with Crippen molar-refractivity contribution in [2.45, 2.75) is 51.5 Å². The van der Waals surface area contributed by atoms with Crippen LogP contribution in [0.4, 0.5) is 5.69 Å². The summed E-state index contributed by atoms with van der Waals surface area (Å²) in [6.07, 6.45) is 3.14. The predicted octanol–water partition coefficient (Wildman–Crippen LogP) is 5.44. The molecule has 1 unspecified atom stereocenters. The minimum absolute atomic E-state index is 0.0715. The Labute approximate surface area is 250 Å². The fourth-order valence-electron chi connectivity index (χ4n) is 7.21. The maximum Gasteiger partial charge on any atom is 0.161 e. The highest BCUT2D eigenvalue weighted by Crippen LogP contribution is 2.45. The number of methoxy groups -OCH3 is 2. The summed E-state index contributed by atoms with van der Waals surface area (Å²) >= 11 is 0. The second-order valence-electron chi connectivity index (χ2n) is 11.8. The van der Waals surface area contributed by atoms with Gasteiger partial charge < -0.3 is 24.1 Å². The number of aldehydes is 1. The van der Waals surface area contributed by atoms with Crippen LogP contribution in [0.2, 0.25) is 0 Å². The molecule has 3 heterocycles. The Morgan fingerprint density at radius 3 is 2.26 bits per heavy atom. The first kappa shape index (κ1) is 28.7. The zero-order valence-electron chi connectivity index (χ0n) is 25.3. The third-order valence-corrected chi connectivity index (χ3v) is 9.54. The zero-order chi connectivity index (χ0) is 29.1. The molecule has 1 fully saturated rings. The number of hydrogen-bond acceptors (Lipinski definition) is 7. The molecule has 6 rings (SSSR count). The lowest BCUT2D eigenvalue weighted by Gasteiger charge is -2.36. The molecule has 0 aliphatic carbocycles. The lowest BCUT2D eigenvalue weighted by Crippen LogP contribution is -2.46. The monoisotopic (exact) mass is 568 g/mol. The number of carbonyl (C=O) groups is 1. The molecule has 0 bridgehead atoms. The van der Waals surface area contributed by atoms with E-state index >= 15 is 0 Å². The Kier molecular flexibility index (Phi) is 8.79. The molecule has 7 nitrogen and oxygen atoms in total. The van der Waals surface area contributed by atoms with Gasteiger partial charge in [0.25, 0.3) is 0 Å². The first-order valence-electron chi connectivity index (χ1n) is 15.4. The van der Waals surface area contributed by atoms with E-state index in [2.05, 4.69) is 81.1 Å². The van der Waals surface area contributed by atoms with E-state index in [1.807, 2.05) is 6.07 Å². The quantitative estimate of drug-likeness (QED) is 0.286. The largest absolute Gasteiger partial charge is 0.493 e. The summed E-state index contributed by atoms with van der Waals surface area (Å²) in [7, 11) is 3.36. The number of benzene rings is 3. The zero-order valence-corrected chi connectivity index (χ0v) is 25.3. The molecule has 0 amide bonds. The van der Waals surface area contributed by atoms with Crippen LogP contribution in [0.1, 0.15) is 59.7 Å². The fraction of sp³-hybridized carbons (Fsp3) is 0.457. The normalized spacial score (nSPS) is 19.9. The number of ether oxygens (including phenoxy) is 2. The van der Waals surface area contributed by atoms with Crippen LogP contribution >= 0.6 is 0 Å². The molecule has 0 saturated carbocycles. The van der Waals surface area contributed by atoms with E-state index in [-0.39, 0.29) is 12.1 Å². The fourth-order valence-corrected chi connectivity index (χ4v) is 7.21. The number of anilines is 1. The van der Waals surface area contributed by atoms with Crippen molar-refractivity contribution in [1.82, 2.24) is 14.7 Å². The minimum Gasteiger partial charge on any atom is -0.493 e. The highest BCUT2D eigenvalue weighted by Gasteiger charge is 2.38. The third kappa shape index (κ3) is 5.65. The summed E-state index contributed by atoms with van der Waals surface area (Å²) in [5, 5.41) is 0. The molecule has 222 valence electrons. The summed E-state index contributed by atoms with van der Waals surface area (Å²) < 4.78 is 11.3. The topological polar surface area (TPSA) is 48.5 Å². The number of piperazine rings is 1. The first-order chi connectivity index (χ1) is 20.6. The van der Waals surface area contributed by atoms with E-state index in [9.17, 15) is 4.79 Å². The summed E-state index contributed by atoms with van der Waals surface area (Å²) in [6, 6.07) is 21.4. The Bertz CT molecular complexity index is 1360. The van der Waals surface area contributed by atoms with Crippen molar-refractivity contribution < 1.29 is 14.3 Å². The van der Waals surface area contributed by atoms with E-state index in [0.29, 0.717) is 0 Å². The van der Waals surface area contributed by atoms with Crippen molar-refractivity contribution in [3.63, 3.8) is 0 Å². The van der Waals surface area contributed by atoms with Gasteiger partial charge in [0.2, 0.25) is 0 Å². The maximum absolute atomic E-state index is 12.8. The average Bonchev–Trinajstić information content (AvgIpc) is 3.63. The summed E-state index contributed by atoms with van der Waals surface area (Å²) in [5.74, 6) is 1.45. The average molecular weight is 569 g/mol. The van der Waals surface area contributed by atoms with Crippen molar-refractivity contribution in [1.29, 1.82) is 0 Å². The van der Waals surface area contributed by atoms with E-state index in [1.165, 1.54) is 22.4 Å². The Morgan fingerprint density at radius 2 is 1.60 bits per heavy atom. The molecule has 7 heteroatoms. The number of hydrogen-bond donors (Lipinski definition) is 0. The molecule has 3 aliphatic rings. The summed E-state index contributed by atoms with van der Waals surface area (Å²) in [5.41, 5.74) is 7.80. The van der Waals surface area contributed by atoms with Gasteiger partial charge in [0.15, 0.2) is 11.5 Å². The van der Waals surface area contributed by atoms with E-state index in [1.54, 1.807) is 14.2 Å². The number of likely N-dealkylation sites (N-methyl/N-ethyl adjacent to an activating group) is 1.